The van der Waals surface area contributed by atoms with E-state index in [4.69, 9.17) is 0 Å². The van der Waals surface area contributed by atoms with Crippen molar-refractivity contribution in [3.63, 3.8) is 0 Å². The summed E-state index contributed by atoms with van der Waals surface area (Å²) in [6.45, 7) is 2.05. The number of hydrogen-bond donors (Lipinski definition) is 0. The van der Waals surface area contributed by atoms with Crippen molar-refractivity contribution in [2.75, 3.05) is 0 Å². The maximum atomic E-state index is 2.18. The Morgan fingerprint density at radius 2 is 2.00 bits per heavy atom. The molecule has 0 aromatic rings. The zero-order valence-corrected chi connectivity index (χ0v) is 8.67. The Balaban J connectivity index is -0.0000000800. The van der Waals surface area contributed by atoms with Crippen molar-refractivity contribution >= 4 is 18.9 Å². The van der Waals surface area contributed by atoms with Crippen LogP contribution in [-0.2, 0) is 18.3 Å². The normalized spacial score (nSPS) is 7.29. The number of allylic oxidation sites excluding steroid dienone is 2. The second kappa shape index (κ2) is 15.7. The first-order valence-electron chi connectivity index (χ1n) is 1.82. The second-order valence-corrected chi connectivity index (χ2v) is 2.07. The SMILES string of the molecule is C/C=C/[CH2][Zn+].[Cl-].[Li]. The van der Waals surface area contributed by atoms with Gasteiger partial charge in [0.1, 0.15) is 0 Å². The van der Waals surface area contributed by atoms with Crippen LogP contribution in [0.15, 0.2) is 12.2 Å². The van der Waals surface area contributed by atoms with E-state index in [1.165, 1.54) is 23.3 Å². The van der Waals surface area contributed by atoms with Gasteiger partial charge >= 0.3 is 42.4 Å². The van der Waals surface area contributed by atoms with Crippen molar-refractivity contribution in [1.82, 2.24) is 0 Å². The van der Waals surface area contributed by atoms with Gasteiger partial charge in [-0.05, 0) is 0 Å². The maximum absolute atomic E-state index is 2.18. The summed E-state index contributed by atoms with van der Waals surface area (Å²) in [6.07, 6.45) is 4.27. The van der Waals surface area contributed by atoms with Gasteiger partial charge in [-0.1, -0.05) is 0 Å². The third-order valence-corrected chi connectivity index (χ3v) is 1.10. The summed E-state index contributed by atoms with van der Waals surface area (Å²) >= 11 is 1.39. The minimum Gasteiger partial charge on any atom is -1.00 e. The predicted octanol–water partition coefficient (Wildman–Crippen LogP) is -1.85. The first-order valence-corrected chi connectivity index (χ1v) is 3.92. The average Bonchev–Trinajstić information content (AvgIpc) is 1.41. The van der Waals surface area contributed by atoms with Gasteiger partial charge in [0.2, 0.25) is 0 Å². The van der Waals surface area contributed by atoms with Crippen LogP contribution in [0.3, 0.4) is 0 Å². The van der Waals surface area contributed by atoms with Crippen LogP contribution in [0, 0.1) is 0 Å². The molecule has 0 amide bonds. The monoisotopic (exact) mass is 161 g/mol. The molecule has 0 aromatic carbocycles. The molecular formula is C4H7ClLiZn. The molecule has 0 heterocycles. The molecule has 0 saturated carbocycles. The van der Waals surface area contributed by atoms with E-state index in [1.807, 2.05) is 0 Å². The summed E-state index contributed by atoms with van der Waals surface area (Å²) in [7, 11) is 0. The van der Waals surface area contributed by atoms with Gasteiger partial charge in [0.25, 0.3) is 0 Å². The Bertz CT molecular complexity index is 38.7. The van der Waals surface area contributed by atoms with Crippen molar-refractivity contribution in [1.29, 1.82) is 0 Å². The largest absolute Gasteiger partial charge is 1.00 e. The van der Waals surface area contributed by atoms with Gasteiger partial charge in [-0.3, -0.25) is 0 Å². The fraction of sp³-hybridized carbons (Fsp3) is 0.500. The molecule has 0 aliphatic heterocycles. The van der Waals surface area contributed by atoms with E-state index >= 15 is 0 Å². The van der Waals surface area contributed by atoms with Crippen LogP contribution >= 0.6 is 0 Å². The van der Waals surface area contributed by atoms with E-state index in [1.54, 1.807) is 0 Å². The van der Waals surface area contributed by atoms with Gasteiger partial charge in [-0.2, -0.15) is 0 Å². The third-order valence-electron chi connectivity index (χ3n) is 0.402. The van der Waals surface area contributed by atoms with E-state index in [0.717, 1.165) is 0 Å². The molecule has 0 nitrogen and oxygen atoms in total. The maximum Gasteiger partial charge on any atom is 0 e. The molecule has 0 fully saturated rings. The van der Waals surface area contributed by atoms with Crippen LogP contribution in [-0.4, -0.2) is 18.9 Å². The molecular weight excluding hydrogens is 156 g/mol. The summed E-state index contributed by atoms with van der Waals surface area (Å²) in [5.74, 6) is 0. The molecule has 0 rings (SSSR count). The smallest absolute Gasteiger partial charge is 0 e. The molecule has 3 heteroatoms. The molecule has 0 aliphatic carbocycles. The Labute approximate surface area is 73.4 Å². The number of hydrogen-bond acceptors (Lipinski definition) is 0. The van der Waals surface area contributed by atoms with Crippen LogP contribution in [0.1, 0.15) is 6.92 Å². The van der Waals surface area contributed by atoms with Crippen LogP contribution < -0.4 is 12.4 Å². The minimum absolute atomic E-state index is 0. The molecule has 1 radical (unpaired) electrons. The van der Waals surface area contributed by atoms with E-state index in [-0.39, 0.29) is 31.3 Å². The van der Waals surface area contributed by atoms with Crippen LogP contribution in [0.4, 0.5) is 0 Å². The van der Waals surface area contributed by atoms with Crippen molar-refractivity contribution < 1.29 is 30.7 Å². The molecule has 0 aromatic heterocycles. The Kier molecular flexibility index (Phi) is 35.2. The Morgan fingerprint density at radius 1 is 1.57 bits per heavy atom. The average molecular weight is 163 g/mol. The molecule has 0 aliphatic rings. The second-order valence-electron chi connectivity index (χ2n) is 0.858. The van der Waals surface area contributed by atoms with Crippen molar-refractivity contribution in [2.24, 2.45) is 0 Å². The zero-order valence-electron chi connectivity index (χ0n) is 4.95. The van der Waals surface area contributed by atoms with E-state index < -0.39 is 0 Å². The minimum atomic E-state index is 0. The third kappa shape index (κ3) is 18.9. The van der Waals surface area contributed by atoms with Gasteiger partial charge in [0.15, 0.2) is 0 Å². The van der Waals surface area contributed by atoms with Gasteiger partial charge in [0, 0.05) is 18.9 Å². The summed E-state index contributed by atoms with van der Waals surface area (Å²) in [6, 6.07) is 0. The van der Waals surface area contributed by atoms with Gasteiger partial charge in [-0.15, -0.1) is 0 Å². The fourth-order valence-corrected chi connectivity index (χ4v) is 0.866. The Morgan fingerprint density at radius 3 is 2.00 bits per heavy atom. The standard InChI is InChI=1S/C4H7.ClH.Li.Zn/c1-3-4-2;;;/h3-4H,1H2,2H3;1H;;/q;;;+1/p-1/b4-3+;;;. The van der Waals surface area contributed by atoms with Crippen LogP contribution in [0.25, 0.3) is 0 Å². The molecule has 0 saturated heterocycles. The molecule has 0 N–H and O–H groups in total. The van der Waals surface area contributed by atoms with Crippen molar-refractivity contribution in [2.45, 2.75) is 11.9 Å². The number of halogens is 1. The summed E-state index contributed by atoms with van der Waals surface area (Å²) in [5, 5.41) is 1.29. The van der Waals surface area contributed by atoms with E-state index in [0.29, 0.717) is 0 Å². The Hall–Kier alpha value is 1.25. The fourth-order valence-electron chi connectivity index (χ4n) is 0.167. The van der Waals surface area contributed by atoms with Gasteiger partial charge in [0.05, 0.1) is 0 Å². The number of rotatable bonds is 1. The van der Waals surface area contributed by atoms with Crippen LogP contribution in [0.2, 0.25) is 5.02 Å². The molecule has 33 valence electrons. The summed E-state index contributed by atoms with van der Waals surface area (Å²) in [4.78, 5) is 0. The van der Waals surface area contributed by atoms with Crippen LogP contribution in [0.5, 0.6) is 0 Å². The molecule has 7 heavy (non-hydrogen) atoms. The summed E-state index contributed by atoms with van der Waals surface area (Å²) in [5.41, 5.74) is 0. The topological polar surface area (TPSA) is 0 Å². The van der Waals surface area contributed by atoms with E-state index in [9.17, 15) is 0 Å². The first kappa shape index (κ1) is 15.7. The van der Waals surface area contributed by atoms with E-state index in [2.05, 4.69) is 19.1 Å². The molecule has 0 atom stereocenters. The quantitative estimate of drug-likeness (QED) is 0.314. The first-order chi connectivity index (χ1) is 2.41. The molecule has 0 spiro atoms. The van der Waals surface area contributed by atoms with Crippen molar-refractivity contribution in [3.05, 3.63) is 12.2 Å². The van der Waals surface area contributed by atoms with Gasteiger partial charge in [-0.25, -0.2) is 0 Å². The van der Waals surface area contributed by atoms with Gasteiger partial charge < -0.3 is 12.4 Å². The molecule has 0 unspecified atom stereocenters. The zero-order chi connectivity index (χ0) is 4.12. The predicted molar refractivity (Wildman–Crippen MR) is 25.4 cm³/mol. The van der Waals surface area contributed by atoms with Crippen molar-refractivity contribution in [3.8, 4) is 0 Å². The summed E-state index contributed by atoms with van der Waals surface area (Å²) < 4.78 is 0. The molecule has 0 bridgehead atoms.